The number of fused-ring (bicyclic) bond motifs is 4. The number of rotatable bonds is 2. The van der Waals surface area contributed by atoms with Crippen LogP contribution in [0.15, 0.2) is 11.8 Å². The van der Waals surface area contributed by atoms with Crippen molar-refractivity contribution in [2.45, 2.75) is 81.5 Å². The van der Waals surface area contributed by atoms with Crippen LogP contribution in [0.2, 0.25) is 0 Å². The molecule has 0 aromatic carbocycles. The fraction of sp³-hybridized carbons (Fsp3) is 0.862. The smallest absolute Gasteiger partial charge is 0.259 e. The summed E-state index contributed by atoms with van der Waals surface area (Å²) in [5.41, 5.74) is 0.276. The molecule has 1 amide bonds. The molecule has 3 saturated heterocycles. The second-order valence-corrected chi connectivity index (χ2v) is 12.9. The molecule has 3 aliphatic carbocycles. The fourth-order valence-electron chi connectivity index (χ4n) is 8.98. The van der Waals surface area contributed by atoms with E-state index in [-0.39, 0.29) is 54.0 Å². The lowest BCUT2D eigenvalue weighted by atomic mass is 9.64. The van der Waals surface area contributed by atoms with Gasteiger partial charge in [0.1, 0.15) is 6.17 Å². The van der Waals surface area contributed by atoms with Gasteiger partial charge < -0.3 is 24.2 Å². The van der Waals surface area contributed by atoms with Gasteiger partial charge in [0.2, 0.25) is 0 Å². The number of morpholine rings is 2. The maximum absolute atomic E-state index is 16.2. The molecule has 7 rings (SSSR count). The van der Waals surface area contributed by atoms with Gasteiger partial charge in [-0.05, 0) is 44.6 Å². The zero-order chi connectivity index (χ0) is 26.0. The first-order valence-electron chi connectivity index (χ1n) is 15.1. The van der Waals surface area contributed by atoms with Gasteiger partial charge in [0, 0.05) is 51.4 Å². The fourth-order valence-corrected chi connectivity index (χ4v) is 8.98. The highest BCUT2D eigenvalue weighted by Gasteiger charge is 2.61. The minimum Gasteiger partial charge on any atom is -0.379 e. The van der Waals surface area contributed by atoms with Crippen molar-refractivity contribution in [3.8, 4) is 0 Å². The van der Waals surface area contributed by atoms with E-state index in [4.69, 9.17) is 9.47 Å². The van der Waals surface area contributed by atoms with Crippen LogP contribution in [0.4, 0.5) is 4.39 Å². The maximum atomic E-state index is 16.2. The lowest BCUT2D eigenvalue weighted by Gasteiger charge is -2.62. The zero-order valence-corrected chi connectivity index (χ0v) is 22.7. The second-order valence-electron chi connectivity index (χ2n) is 12.9. The Morgan fingerprint density at radius 3 is 2.50 bits per heavy atom. The van der Waals surface area contributed by atoms with Crippen LogP contribution in [0.25, 0.3) is 0 Å². The van der Waals surface area contributed by atoms with Crippen LogP contribution in [-0.2, 0) is 19.1 Å². The summed E-state index contributed by atoms with van der Waals surface area (Å²) in [6.07, 6.45) is 7.71. The van der Waals surface area contributed by atoms with Crippen molar-refractivity contribution in [1.29, 1.82) is 0 Å². The largest absolute Gasteiger partial charge is 0.379 e. The first-order valence-corrected chi connectivity index (χ1v) is 15.1. The highest BCUT2D eigenvalue weighted by atomic mass is 19.1. The van der Waals surface area contributed by atoms with Crippen molar-refractivity contribution in [1.82, 2.24) is 19.6 Å². The van der Waals surface area contributed by atoms with Gasteiger partial charge in [0.15, 0.2) is 5.78 Å². The number of nitrogens with zero attached hydrogens (tertiary/aromatic N) is 4. The lowest BCUT2D eigenvalue weighted by Crippen LogP contribution is -2.74. The number of alkyl halides is 1. The summed E-state index contributed by atoms with van der Waals surface area (Å²) in [5.74, 6) is 0.282. The van der Waals surface area contributed by atoms with E-state index in [9.17, 15) is 9.59 Å². The quantitative estimate of drug-likeness (QED) is 0.504. The van der Waals surface area contributed by atoms with Gasteiger partial charge >= 0.3 is 0 Å². The van der Waals surface area contributed by atoms with E-state index >= 15 is 4.39 Å². The molecule has 9 heteroatoms. The Labute approximate surface area is 225 Å². The van der Waals surface area contributed by atoms with Crippen molar-refractivity contribution in [2.75, 3.05) is 59.5 Å². The number of carbonyl (C=O) groups excluding carboxylic acids is 2. The summed E-state index contributed by atoms with van der Waals surface area (Å²) in [4.78, 5) is 36.3. The average Bonchev–Trinajstić information content (AvgIpc) is 2.94. The van der Waals surface area contributed by atoms with Crippen molar-refractivity contribution < 1.29 is 23.5 Å². The van der Waals surface area contributed by atoms with E-state index in [0.29, 0.717) is 51.2 Å². The Kier molecular flexibility index (Phi) is 6.78. The highest BCUT2D eigenvalue weighted by Crippen LogP contribution is 2.51. The number of hydrogen-bond acceptors (Lipinski definition) is 7. The molecular weight excluding hydrogens is 487 g/mol. The Morgan fingerprint density at radius 1 is 0.947 bits per heavy atom. The molecule has 8 nitrogen and oxygen atoms in total. The summed E-state index contributed by atoms with van der Waals surface area (Å²) in [7, 11) is 2.06. The third-order valence-electron chi connectivity index (χ3n) is 10.9. The molecule has 0 aromatic heterocycles. The Bertz CT molecular complexity index is 964. The number of halogens is 1. The molecule has 210 valence electrons. The Morgan fingerprint density at radius 2 is 1.71 bits per heavy atom. The average molecular weight is 531 g/mol. The first-order chi connectivity index (χ1) is 18.5. The number of hydrogen-bond donors (Lipinski definition) is 0. The lowest BCUT2D eigenvalue weighted by molar-refractivity contribution is -0.235. The van der Waals surface area contributed by atoms with Gasteiger partial charge in [-0.15, -0.1) is 0 Å². The molecule has 0 aromatic rings. The molecule has 9 atom stereocenters. The van der Waals surface area contributed by atoms with Crippen LogP contribution in [0, 0.1) is 17.8 Å². The first kappa shape index (κ1) is 25.4. The number of piperazine rings is 1. The van der Waals surface area contributed by atoms with Crippen LogP contribution >= 0.6 is 0 Å². The molecule has 6 fully saturated rings. The molecule has 0 radical (unpaired) electrons. The van der Waals surface area contributed by atoms with Crippen LogP contribution in [0.3, 0.4) is 0 Å². The topological polar surface area (TPSA) is 65.6 Å². The van der Waals surface area contributed by atoms with Crippen LogP contribution in [0.5, 0.6) is 0 Å². The van der Waals surface area contributed by atoms with Gasteiger partial charge in [-0.2, -0.15) is 0 Å². The monoisotopic (exact) mass is 530 g/mol. The van der Waals surface area contributed by atoms with Crippen LogP contribution in [-0.4, -0.2) is 127 Å². The minimum absolute atomic E-state index is 0.0363. The second kappa shape index (κ2) is 10.1. The molecule has 4 heterocycles. The number of carbonyl (C=O) groups is 2. The standard InChI is InChI=1S/C29H43FN4O4/c1-31-8-10-33(11-9-31)29(36)21-17-34-23-7-6-18-4-2-3-5-19(18)27(23)38-28-24(34)20(26(21)35)16-22(30)25(28)32-12-14-37-15-13-32/h17-20,22-25,27-28H,2-16H2,1H3. The third kappa shape index (κ3) is 4.14. The van der Waals surface area contributed by atoms with Crippen LogP contribution in [0.1, 0.15) is 44.9 Å². The number of amides is 1. The molecule has 9 unspecified atom stereocenters. The van der Waals surface area contributed by atoms with Gasteiger partial charge in [-0.25, -0.2) is 4.39 Å². The van der Waals surface area contributed by atoms with Gasteiger partial charge in [-0.3, -0.25) is 14.5 Å². The summed E-state index contributed by atoms with van der Waals surface area (Å²) in [6, 6.07) is -0.417. The minimum atomic E-state index is -1.16. The Hall–Kier alpha value is -1.55. The maximum Gasteiger partial charge on any atom is 0.259 e. The van der Waals surface area contributed by atoms with E-state index in [2.05, 4.69) is 21.7 Å². The third-order valence-corrected chi connectivity index (χ3v) is 10.9. The molecule has 3 saturated carbocycles. The normalized spacial score (nSPS) is 44.1. The summed E-state index contributed by atoms with van der Waals surface area (Å²) in [6.45, 7) is 5.46. The molecule has 0 N–H and O–H groups in total. The highest BCUT2D eigenvalue weighted by molar-refractivity contribution is 6.20. The van der Waals surface area contributed by atoms with Gasteiger partial charge in [-0.1, -0.05) is 19.3 Å². The SMILES string of the molecule is CN1CCN(C(=O)C2=CN3C4CCC5CCCCC5C4OC4C(N5CCOCC5)C(F)CC(C2=O)C43)CC1. The number of Topliss-reactive ketones (excluding diaryl/α,β-unsaturated/α-hetero) is 1. The van der Waals surface area contributed by atoms with Gasteiger partial charge in [0.05, 0.1) is 49.1 Å². The molecule has 38 heavy (non-hydrogen) atoms. The summed E-state index contributed by atoms with van der Waals surface area (Å²) in [5, 5.41) is 0. The molecule has 7 aliphatic rings. The molecule has 0 bridgehead atoms. The Balaban J connectivity index is 1.26. The van der Waals surface area contributed by atoms with Crippen molar-refractivity contribution >= 4 is 11.7 Å². The van der Waals surface area contributed by atoms with E-state index in [1.165, 1.54) is 25.7 Å². The van der Waals surface area contributed by atoms with Gasteiger partial charge in [0.25, 0.3) is 5.91 Å². The van der Waals surface area contributed by atoms with E-state index < -0.39 is 12.1 Å². The molecular formula is C29H43FN4O4. The molecule has 4 aliphatic heterocycles. The van der Waals surface area contributed by atoms with Crippen molar-refractivity contribution in [3.63, 3.8) is 0 Å². The van der Waals surface area contributed by atoms with Crippen molar-refractivity contribution in [3.05, 3.63) is 11.8 Å². The summed E-state index contributed by atoms with van der Waals surface area (Å²) < 4.78 is 28.8. The predicted octanol–water partition coefficient (Wildman–Crippen LogP) is 1.69. The summed E-state index contributed by atoms with van der Waals surface area (Å²) >= 11 is 0. The van der Waals surface area contributed by atoms with E-state index in [0.717, 1.165) is 25.9 Å². The zero-order valence-electron chi connectivity index (χ0n) is 22.7. The van der Waals surface area contributed by atoms with E-state index in [1.54, 1.807) is 0 Å². The predicted molar refractivity (Wildman–Crippen MR) is 139 cm³/mol. The number of ether oxygens (including phenoxy) is 2. The van der Waals surface area contributed by atoms with E-state index in [1.807, 2.05) is 11.1 Å². The van der Waals surface area contributed by atoms with Crippen molar-refractivity contribution in [2.24, 2.45) is 17.8 Å². The molecule has 0 spiro atoms. The van der Waals surface area contributed by atoms with Crippen LogP contribution < -0.4 is 0 Å². The number of ketones is 1. The number of likely N-dealkylation sites (N-methyl/N-ethyl adjacent to an activating group) is 1.